The Morgan fingerprint density at radius 1 is 0.556 bits per heavy atom. The van der Waals surface area contributed by atoms with Crippen LogP contribution in [0.15, 0.2) is 162 Å². The van der Waals surface area contributed by atoms with Gasteiger partial charge in [0.1, 0.15) is 5.58 Å². The molecule has 63 heavy (non-hydrogen) atoms. The number of furan rings is 1. The molecule has 0 unspecified atom stereocenters. The first-order valence-corrected chi connectivity index (χ1v) is 29.1. The van der Waals surface area contributed by atoms with Gasteiger partial charge in [-0.2, -0.15) is 0 Å². The van der Waals surface area contributed by atoms with Crippen LogP contribution in [0.3, 0.4) is 0 Å². The second-order valence-electron chi connectivity index (χ2n) is 18.0. The van der Waals surface area contributed by atoms with Crippen molar-refractivity contribution in [1.29, 1.82) is 0 Å². The number of fused-ring (bicyclic) bond motifs is 10. The normalized spacial score (nSPS) is 11.9. The Morgan fingerprint density at radius 2 is 1.19 bits per heavy atom. The van der Waals surface area contributed by atoms with Gasteiger partial charge in [0.15, 0.2) is 0 Å². The molecule has 0 saturated carbocycles. The van der Waals surface area contributed by atoms with Crippen LogP contribution in [0.25, 0.3) is 93.6 Å². The van der Waals surface area contributed by atoms with Crippen LogP contribution in [0, 0.1) is 12.1 Å². The third-order valence-corrected chi connectivity index (χ3v) is 16.5. The average Bonchev–Trinajstić information content (AvgIpc) is 3.88. The molecular weight excluding hydrogens is 1010 g/mol. The summed E-state index contributed by atoms with van der Waals surface area (Å²) in [6, 6.07) is 60.3. The summed E-state index contributed by atoms with van der Waals surface area (Å²) in [6.07, 6.45) is 2.04. The molecule has 1 radical (unpaired) electrons. The molecule has 0 fully saturated rings. The zero-order valence-electron chi connectivity index (χ0n) is 36.7. The second-order valence-corrected chi connectivity index (χ2v) is 28.7. The first-order valence-electron chi connectivity index (χ1n) is 21.7. The van der Waals surface area contributed by atoms with Gasteiger partial charge in [-0.25, -0.2) is 0 Å². The summed E-state index contributed by atoms with van der Waals surface area (Å²) >= 11 is -1.72. The van der Waals surface area contributed by atoms with Crippen molar-refractivity contribution in [3.05, 3.63) is 181 Å². The fourth-order valence-corrected chi connectivity index (χ4v) is 11.2. The Hall–Kier alpha value is -5.85. The van der Waals surface area contributed by atoms with Crippen molar-refractivity contribution in [3.63, 3.8) is 0 Å². The van der Waals surface area contributed by atoms with Gasteiger partial charge in [-0.3, -0.25) is 4.98 Å². The molecule has 11 rings (SSSR count). The van der Waals surface area contributed by atoms with Crippen molar-refractivity contribution >= 4 is 83.0 Å². The number of pyridine rings is 1. The molecule has 6 heteroatoms. The molecule has 11 aromatic rings. The predicted octanol–water partition coefficient (Wildman–Crippen LogP) is 15.2. The predicted molar refractivity (Wildman–Crippen MR) is 265 cm³/mol. The minimum absolute atomic E-state index is 0. The molecule has 0 aliphatic rings. The summed E-state index contributed by atoms with van der Waals surface area (Å²) in [5.41, 5.74) is 10.5. The largest absolute Gasteiger partial charge is 0 e. The minimum Gasteiger partial charge on any atom is 0 e. The summed E-state index contributed by atoms with van der Waals surface area (Å²) in [5, 5.41) is 9.32. The van der Waals surface area contributed by atoms with Crippen molar-refractivity contribution in [2.45, 2.75) is 56.8 Å². The van der Waals surface area contributed by atoms with Gasteiger partial charge in [-0.05, 0) is 50.6 Å². The molecule has 313 valence electrons. The molecule has 0 N–H and O–H groups in total. The Morgan fingerprint density at radius 3 is 1.87 bits per heavy atom. The molecule has 3 heterocycles. The van der Waals surface area contributed by atoms with E-state index in [2.05, 4.69) is 188 Å². The first kappa shape index (κ1) is 42.5. The maximum Gasteiger partial charge on any atom is 0 e. The van der Waals surface area contributed by atoms with Gasteiger partial charge in [0, 0.05) is 42.0 Å². The van der Waals surface area contributed by atoms with E-state index in [-0.39, 0.29) is 20.1 Å². The smallest absolute Gasteiger partial charge is 0 e. The fraction of sp³-hybridized carbons (Fsp3) is 0.158. The van der Waals surface area contributed by atoms with Crippen LogP contribution in [0.2, 0.25) is 17.3 Å². The Labute approximate surface area is 385 Å². The standard InChI is InChI=1S/C43H33N2O.C14H16GeN.Ir/c1-25(2)29-15-9-16-30(26(3)4)39(29)45-40-32-14-8-6-12-28(32)20-24-38(40)44-43(45)37-18-10-17-34-36-23-22-33-31-13-7-5-11-27(31)19-21-35(33)41(36)46-42(34)37;1-15(2,3)13-9-10-14(16-11-13)12-7-5-4-6-8-12;/h5-17,19-26H,1-4H3;4-7,9-11H,1-3H3;/q2*-1;. The molecule has 0 amide bonds. The van der Waals surface area contributed by atoms with Crippen molar-refractivity contribution in [1.82, 2.24) is 14.5 Å². The Balaban J connectivity index is 0.000000251. The van der Waals surface area contributed by atoms with Gasteiger partial charge in [0.2, 0.25) is 0 Å². The van der Waals surface area contributed by atoms with Gasteiger partial charge in [-0.1, -0.05) is 136 Å². The van der Waals surface area contributed by atoms with E-state index < -0.39 is 13.3 Å². The number of benzene rings is 8. The van der Waals surface area contributed by atoms with Gasteiger partial charge in [-0.15, -0.1) is 18.2 Å². The second kappa shape index (κ2) is 17.0. The molecule has 0 aliphatic carbocycles. The van der Waals surface area contributed by atoms with Gasteiger partial charge in [0.05, 0.1) is 22.4 Å². The number of imidazole rings is 1. The minimum atomic E-state index is -1.72. The number of hydrogen-bond donors (Lipinski definition) is 0. The molecule has 0 atom stereocenters. The van der Waals surface area contributed by atoms with E-state index in [9.17, 15) is 0 Å². The maximum absolute atomic E-state index is 6.95. The maximum atomic E-state index is 6.95. The fourth-order valence-electron chi connectivity index (χ4n) is 9.00. The Bertz CT molecular complexity index is 3420. The van der Waals surface area contributed by atoms with E-state index in [0.717, 1.165) is 61.0 Å². The zero-order chi connectivity index (χ0) is 42.7. The molecular formula is C57H49GeIrN3O-2. The summed E-state index contributed by atoms with van der Waals surface area (Å²) in [6.45, 7) is 9.11. The van der Waals surface area contributed by atoms with E-state index in [1.165, 1.54) is 48.1 Å². The van der Waals surface area contributed by atoms with Crippen molar-refractivity contribution in [2.24, 2.45) is 0 Å². The summed E-state index contributed by atoms with van der Waals surface area (Å²) < 4.78 is 10.8. The van der Waals surface area contributed by atoms with E-state index in [1.54, 1.807) is 0 Å². The van der Waals surface area contributed by atoms with Crippen LogP contribution in [0.4, 0.5) is 0 Å². The zero-order valence-corrected chi connectivity index (χ0v) is 41.2. The van der Waals surface area contributed by atoms with E-state index >= 15 is 0 Å². The van der Waals surface area contributed by atoms with Gasteiger partial charge < -0.3 is 8.98 Å². The SMILES string of the molecule is CC(C)c1cccc(C(C)C)c1-n1c(-c2[c-]ccc3c2oc2c3ccc3c4ccccc4ccc32)nc2ccc3ccccc3c21.[CH3][Ge]([CH3])([CH3])[c]1ccc(-c2[c-]cccc2)nc1.[Ir]. The topological polar surface area (TPSA) is 43.9 Å². The third kappa shape index (κ3) is 7.60. The average molecular weight is 1060 g/mol. The van der Waals surface area contributed by atoms with Crippen LogP contribution in [0.5, 0.6) is 0 Å². The first-order chi connectivity index (χ1) is 30.1. The monoisotopic (exact) mass is 1060 g/mol. The van der Waals surface area contributed by atoms with Crippen molar-refractivity contribution < 1.29 is 24.5 Å². The molecule has 0 spiro atoms. The van der Waals surface area contributed by atoms with Crippen LogP contribution in [0.1, 0.15) is 50.7 Å². The van der Waals surface area contributed by atoms with Crippen LogP contribution >= 0.6 is 0 Å². The number of aromatic nitrogens is 3. The number of rotatable bonds is 6. The van der Waals surface area contributed by atoms with E-state index in [1.807, 2.05) is 36.5 Å². The summed E-state index contributed by atoms with van der Waals surface area (Å²) in [5.74, 6) is 8.63. The van der Waals surface area contributed by atoms with E-state index in [4.69, 9.17) is 9.40 Å². The van der Waals surface area contributed by atoms with E-state index in [0.29, 0.717) is 11.8 Å². The molecule has 8 aromatic carbocycles. The van der Waals surface area contributed by atoms with Crippen molar-refractivity contribution in [2.75, 3.05) is 0 Å². The molecule has 0 aliphatic heterocycles. The number of hydrogen-bond acceptors (Lipinski definition) is 3. The molecule has 0 saturated heterocycles. The summed E-state index contributed by atoms with van der Waals surface area (Å²) in [7, 11) is 0. The molecule has 3 aromatic heterocycles. The molecule has 0 bridgehead atoms. The van der Waals surface area contributed by atoms with Crippen molar-refractivity contribution in [3.8, 4) is 28.3 Å². The summed E-state index contributed by atoms with van der Waals surface area (Å²) in [4.78, 5) is 9.94. The number of para-hydroxylation sites is 1. The Kier molecular flexibility index (Phi) is 11.5. The van der Waals surface area contributed by atoms with Crippen LogP contribution < -0.4 is 4.40 Å². The van der Waals surface area contributed by atoms with Crippen LogP contribution in [-0.4, -0.2) is 27.8 Å². The number of nitrogens with zero attached hydrogens (tertiary/aromatic N) is 3. The molecule has 4 nitrogen and oxygen atoms in total. The third-order valence-electron chi connectivity index (χ3n) is 12.3. The quantitative estimate of drug-likeness (QED) is 0.0947. The van der Waals surface area contributed by atoms with Crippen LogP contribution in [-0.2, 0) is 20.1 Å². The van der Waals surface area contributed by atoms with Gasteiger partial charge >= 0.3 is 99.8 Å². The van der Waals surface area contributed by atoms with Gasteiger partial charge in [0.25, 0.3) is 0 Å².